The predicted molar refractivity (Wildman–Crippen MR) is 135 cm³/mol. The van der Waals surface area contributed by atoms with Crippen molar-refractivity contribution in [3.05, 3.63) is 101 Å². The molecule has 4 rings (SSSR count). The molecule has 6 nitrogen and oxygen atoms in total. The molecule has 0 saturated carbocycles. The third-order valence-corrected chi connectivity index (χ3v) is 6.19. The summed E-state index contributed by atoms with van der Waals surface area (Å²) < 4.78 is 1.80. The summed E-state index contributed by atoms with van der Waals surface area (Å²) in [5, 5.41) is 2.95. The van der Waals surface area contributed by atoms with E-state index in [9.17, 15) is 9.59 Å². The maximum Gasteiger partial charge on any atom is 0.304 e. The lowest BCUT2D eigenvalue weighted by molar-refractivity contribution is -0.596. The smallest absolute Gasteiger partial charge is 0.304 e. The summed E-state index contributed by atoms with van der Waals surface area (Å²) in [5.74, 6) is -0.517. The molecule has 2 atom stereocenters. The second-order valence-electron chi connectivity index (χ2n) is 8.45. The fraction of sp³-hybridized carbons (Fsp3) is 0.250. The van der Waals surface area contributed by atoms with Crippen LogP contribution in [0.15, 0.2) is 78.9 Å². The minimum Gasteiger partial charge on any atom is -0.372 e. The van der Waals surface area contributed by atoms with Crippen LogP contribution >= 0.6 is 0 Å². The van der Waals surface area contributed by atoms with E-state index in [4.69, 9.17) is 0 Å². The first-order valence-electron chi connectivity index (χ1n) is 11.7. The van der Waals surface area contributed by atoms with Crippen LogP contribution in [0.1, 0.15) is 46.9 Å². The van der Waals surface area contributed by atoms with Gasteiger partial charge in [-0.3, -0.25) is 9.59 Å². The van der Waals surface area contributed by atoms with E-state index in [0.29, 0.717) is 5.56 Å². The Morgan fingerprint density at radius 3 is 2.24 bits per heavy atom. The number of benzene rings is 3. The average Bonchev–Trinajstić information content (AvgIpc) is 3.16. The van der Waals surface area contributed by atoms with Crippen LogP contribution in [0.4, 0.5) is 5.69 Å². The van der Waals surface area contributed by atoms with Gasteiger partial charge in [-0.05, 0) is 57.2 Å². The van der Waals surface area contributed by atoms with Crippen molar-refractivity contribution in [2.24, 2.45) is 0 Å². The number of hydrazone groups is 1. The van der Waals surface area contributed by atoms with Crippen LogP contribution in [0.5, 0.6) is 0 Å². The summed E-state index contributed by atoms with van der Waals surface area (Å²) in [7, 11) is 0. The van der Waals surface area contributed by atoms with Gasteiger partial charge in [-0.1, -0.05) is 48.0 Å². The van der Waals surface area contributed by atoms with Gasteiger partial charge in [0, 0.05) is 35.5 Å². The van der Waals surface area contributed by atoms with Crippen LogP contribution in [-0.4, -0.2) is 41.8 Å². The molecule has 1 heterocycles. The van der Waals surface area contributed by atoms with Gasteiger partial charge in [0.1, 0.15) is 0 Å². The van der Waals surface area contributed by atoms with Crippen LogP contribution in [0, 0.1) is 6.92 Å². The van der Waals surface area contributed by atoms with E-state index < -0.39 is 6.04 Å². The summed E-state index contributed by atoms with van der Waals surface area (Å²) in [5.41, 5.74) is 7.60. The molecule has 2 N–H and O–H groups in total. The fourth-order valence-electron chi connectivity index (χ4n) is 4.28. The molecule has 1 aliphatic rings. The molecule has 1 saturated heterocycles. The van der Waals surface area contributed by atoms with Gasteiger partial charge >= 0.3 is 5.91 Å². The lowest BCUT2D eigenvalue weighted by Crippen LogP contribution is -2.42. The Morgan fingerprint density at radius 2 is 1.62 bits per heavy atom. The average molecular weight is 456 g/mol. The number of carbonyl (C=O) groups is 2. The highest BCUT2D eigenvalue weighted by atomic mass is 16.2. The molecule has 1 fully saturated rings. The van der Waals surface area contributed by atoms with Crippen molar-refractivity contribution >= 4 is 23.7 Å². The van der Waals surface area contributed by atoms with E-state index in [1.807, 2.05) is 67.7 Å². The summed E-state index contributed by atoms with van der Waals surface area (Å²) in [6.45, 7) is 8.14. The zero-order valence-electron chi connectivity index (χ0n) is 19.9. The minimum atomic E-state index is -0.734. The van der Waals surface area contributed by atoms with Gasteiger partial charge < -0.3 is 10.2 Å². The van der Waals surface area contributed by atoms with Crippen molar-refractivity contribution < 1.29 is 14.3 Å². The predicted octanol–water partition coefficient (Wildman–Crippen LogP) is 3.86. The van der Waals surface area contributed by atoms with Gasteiger partial charge in [0.2, 0.25) is 12.3 Å². The van der Waals surface area contributed by atoms with Crippen LogP contribution < -0.4 is 15.6 Å². The second-order valence-corrected chi connectivity index (χ2v) is 8.45. The zero-order chi connectivity index (χ0) is 24.1. The summed E-state index contributed by atoms with van der Waals surface area (Å²) in [6.07, 6.45) is 1.92. The Kier molecular flexibility index (Phi) is 7.07. The van der Waals surface area contributed by atoms with Crippen LogP contribution in [0.3, 0.4) is 0 Å². The topological polar surface area (TPSA) is 64.5 Å². The maximum absolute atomic E-state index is 13.0. The number of carbonyl (C=O) groups excluding carboxylic acids is 2. The van der Waals surface area contributed by atoms with Crippen molar-refractivity contribution in [1.29, 1.82) is 0 Å². The van der Waals surface area contributed by atoms with E-state index in [-0.39, 0.29) is 17.9 Å². The molecule has 0 bridgehead atoms. The normalized spacial score (nSPS) is 18.6. The highest BCUT2D eigenvalue weighted by Gasteiger charge is 2.47. The summed E-state index contributed by atoms with van der Waals surface area (Å²) in [6, 6.07) is 24.2. The third kappa shape index (κ3) is 5.01. The highest BCUT2D eigenvalue weighted by molar-refractivity contribution is 5.98. The summed E-state index contributed by atoms with van der Waals surface area (Å²) in [4.78, 5) is 28.2. The molecule has 3 aromatic carbocycles. The Labute approximate surface area is 200 Å². The first-order chi connectivity index (χ1) is 16.5. The van der Waals surface area contributed by atoms with Crippen LogP contribution in [-0.2, 0) is 4.79 Å². The number of nitrogens with zero attached hydrogens (tertiary/aromatic N) is 2. The molecule has 34 heavy (non-hydrogen) atoms. The van der Waals surface area contributed by atoms with E-state index in [1.54, 1.807) is 16.8 Å². The number of rotatable bonds is 7. The van der Waals surface area contributed by atoms with E-state index in [1.165, 1.54) is 0 Å². The zero-order valence-corrected chi connectivity index (χ0v) is 19.9. The van der Waals surface area contributed by atoms with Crippen molar-refractivity contribution in [2.75, 3.05) is 18.0 Å². The summed E-state index contributed by atoms with van der Waals surface area (Å²) >= 11 is 0. The Balaban J connectivity index is 1.64. The van der Waals surface area contributed by atoms with Gasteiger partial charge in [0.15, 0.2) is 6.04 Å². The largest absolute Gasteiger partial charge is 0.372 e. The molecule has 0 aromatic heterocycles. The third-order valence-electron chi connectivity index (χ3n) is 6.19. The molecular weight excluding hydrogens is 424 g/mol. The number of amides is 2. The first-order valence-corrected chi connectivity index (χ1v) is 11.7. The quantitative estimate of drug-likeness (QED) is 0.532. The van der Waals surface area contributed by atoms with Gasteiger partial charge in [-0.2, -0.15) is 0 Å². The van der Waals surface area contributed by atoms with E-state index in [2.05, 4.69) is 41.6 Å². The Morgan fingerprint density at radius 1 is 0.971 bits per heavy atom. The van der Waals surface area contributed by atoms with Crippen molar-refractivity contribution in [2.45, 2.75) is 32.9 Å². The van der Waals surface area contributed by atoms with Gasteiger partial charge in [-0.25, -0.2) is 0 Å². The number of hydrogen-bond donors (Lipinski definition) is 2. The van der Waals surface area contributed by atoms with Crippen molar-refractivity contribution in [1.82, 2.24) is 10.7 Å². The number of anilines is 1. The molecule has 174 valence electrons. The molecule has 3 aromatic rings. The molecular formula is C28H31N4O2+. The van der Waals surface area contributed by atoms with E-state index >= 15 is 0 Å². The lowest BCUT2D eigenvalue weighted by Gasteiger charge is -2.20. The SMILES string of the molecule is CCN(CC)c1ccc(/C=[N+]2\NC(=O)[C@@H](NC(=O)c3ccc(C)cc3)[C@H]2c2ccccc2)cc1. The Bertz CT molecular complexity index is 1170. The maximum atomic E-state index is 13.0. The molecule has 2 amide bonds. The standard InChI is InChI=1S/C28H30N4O2/c1-4-31(5-2)24-17-13-21(14-18-24)19-32-26(22-9-7-6-8-10-22)25(28(34)30-32)29-27(33)23-15-11-20(3)12-16-23/h6-19,25-26H,4-5H2,1-3H3,(H-,29,30,33,34)/p+1/t25-,26+/m0/s1. The lowest BCUT2D eigenvalue weighted by atomic mass is 9.99. The number of nitrogens with one attached hydrogen (secondary N) is 2. The molecule has 0 unspecified atom stereocenters. The molecule has 0 spiro atoms. The number of aryl methyl sites for hydroxylation is 1. The number of hydrazine groups is 1. The van der Waals surface area contributed by atoms with Gasteiger partial charge in [-0.15, -0.1) is 10.1 Å². The minimum absolute atomic E-state index is 0.245. The molecule has 1 aliphatic heterocycles. The van der Waals surface area contributed by atoms with E-state index in [0.717, 1.165) is 35.5 Å². The van der Waals surface area contributed by atoms with Crippen molar-refractivity contribution in [3.8, 4) is 0 Å². The molecule has 0 aliphatic carbocycles. The van der Waals surface area contributed by atoms with Gasteiger partial charge in [0.25, 0.3) is 5.91 Å². The molecule has 6 heteroatoms. The number of hydrogen-bond acceptors (Lipinski definition) is 3. The fourth-order valence-corrected chi connectivity index (χ4v) is 4.28. The molecule has 0 radical (unpaired) electrons. The first kappa shape index (κ1) is 23.2. The Hall–Kier alpha value is -3.93. The van der Waals surface area contributed by atoms with Crippen LogP contribution in [0.25, 0.3) is 0 Å². The van der Waals surface area contributed by atoms with Crippen molar-refractivity contribution in [3.63, 3.8) is 0 Å². The van der Waals surface area contributed by atoms with Crippen LogP contribution in [0.2, 0.25) is 0 Å². The van der Waals surface area contributed by atoms with Gasteiger partial charge in [0.05, 0.1) is 0 Å². The monoisotopic (exact) mass is 455 g/mol. The second kappa shape index (κ2) is 10.3. The highest BCUT2D eigenvalue weighted by Crippen LogP contribution is 2.25.